The molecule has 1 saturated carbocycles. The van der Waals surface area contributed by atoms with Crippen LogP contribution in [0.5, 0.6) is 0 Å². The lowest BCUT2D eigenvalue weighted by atomic mass is 9.76. The number of urea groups is 1. The molecule has 1 aliphatic heterocycles. The van der Waals surface area contributed by atoms with Gasteiger partial charge in [-0.05, 0) is 58.5 Å². The molecule has 2 fully saturated rings. The number of aromatic nitrogens is 1. The van der Waals surface area contributed by atoms with Gasteiger partial charge in [-0.3, -0.25) is 0 Å². The number of nitrogens with zero attached hydrogens (tertiary/aromatic N) is 2. The van der Waals surface area contributed by atoms with Crippen molar-refractivity contribution in [2.45, 2.75) is 24.8 Å². The topological polar surface area (TPSA) is 66.5 Å². The second-order valence-corrected chi connectivity index (χ2v) is 8.00. The van der Waals surface area contributed by atoms with Crippen LogP contribution in [0.1, 0.15) is 24.3 Å². The summed E-state index contributed by atoms with van der Waals surface area (Å²) in [6, 6.07) is 8.37. The van der Waals surface area contributed by atoms with E-state index < -0.39 is 0 Å². The van der Waals surface area contributed by atoms with Crippen molar-refractivity contribution < 1.29 is 13.9 Å². The summed E-state index contributed by atoms with van der Waals surface area (Å²) in [4.78, 5) is 18.9. The van der Waals surface area contributed by atoms with E-state index in [9.17, 15) is 9.18 Å². The number of benzene rings is 1. The Labute approximate surface area is 171 Å². The monoisotopic (exact) mass is 448 g/mol. The molecule has 1 aliphatic carbocycles. The highest BCUT2D eigenvalue weighted by Gasteiger charge is 2.31. The summed E-state index contributed by atoms with van der Waals surface area (Å²) in [6.45, 7) is 2.98. The molecule has 1 saturated heterocycles. The number of morpholine rings is 1. The lowest BCUT2D eigenvalue weighted by Gasteiger charge is -2.36. The van der Waals surface area contributed by atoms with E-state index in [1.54, 1.807) is 18.3 Å². The van der Waals surface area contributed by atoms with Crippen LogP contribution < -0.4 is 15.5 Å². The molecular formula is C20H22BrFN4O2. The zero-order valence-corrected chi connectivity index (χ0v) is 16.9. The average Bonchev–Trinajstić information content (AvgIpc) is 2.65. The number of pyridine rings is 1. The third-order valence-electron chi connectivity index (χ3n) is 5.18. The maximum Gasteiger partial charge on any atom is 0.319 e. The number of carbonyl (C=O) groups excluding carboxylic acids is 1. The molecule has 2 aromatic rings. The van der Waals surface area contributed by atoms with Gasteiger partial charge < -0.3 is 20.3 Å². The van der Waals surface area contributed by atoms with Crippen LogP contribution in [0.25, 0.3) is 0 Å². The molecule has 0 unspecified atom stereocenters. The number of hydrogen-bond donors (Lipinski definition) is 2. The summed E-state index contributed by atoms with van der Waals surface area (Å²) in [5.41, 5.74) is 1.62. The largest absolute Gasteiger partial charge is 0.378 e. The van der Waals surface area contributed by atoms with E-state index in [4.69, 9.17) is 4.74 Å². The highest BCUT2D eigenvalue weighted by atomic mass is 79.9. The van der Waals surface area contributed by atoms with E-state index in [2.05, 4.69) is 36.4 Å². The summed E-state index contributed by atoms with van der Waals surface area (Å²) < 4.78 is 19.5. The van der Waals surface area contributed by atoms with E-state index in [1.165, 1.54) is 6.07 Å². The SMILES string of the molecule is O=C(Nc1cnc(N2CCOCC2)c(Br)c1)NC1CC(c2cccc(F)c2)C1. The van der Waals surface area contributed by atoms with Crippen molar-refractivity contribution in [2.24, 2.45) is 0 Å². The Morgan fingerprint density at radius 1 is 1.25 bits per heavy atom. The standard InChI is InChI=1S/C20H22BrFN4O2/c21-18-11-17(12-23-19(18)26-4-6-28-7-5-26)25-20(27)24-16-9-14(10-16)13-2-1-3-15(22)8-13/h1-3,8,11-12,14,16H,4-7,9-10H2,(H2,24,25,27). The highest BCUT2D eigenvalue weighted by Crippen LogP contribution is 2.37. The Bertz CT molecular complexity index is 854. The predicted molar refractivity (Wildman–Crippen MR) is 109 cm³/mol. The average molecular weight is 449 g/mol. The molecule has 0 radical (unpaired) electrons. The summed E-state index contributed by atoms with van der Waals surface area (Å²) in [7, 11) is 0. The summed E-state index contributed by atoms with van der Waals surface area (Å²) in [5, 5.41) is 5.79. The third-order valence-corrected chi connectivity index (χ3v) is 5.77. The van der Waals surface area contributed by atoms with E-state index >= 15 is 0 Å². The van der Waals surface area contributed by atoms with Gasteiger partial charge >= 0.3 is 6.03 Å². The Morgan fingerprint density at radius 2 is 2.04 bits per heavy atom. The Kier molecular flexibility index (Phi) is 5.77. The first-order valence-corrected chi connectivity index (χ1v) is 10.2. The summed E-state index contributed by atoms with van der Waals surface area (Å²) >= 11 is 3.54. The molecule has 0 bridgehead atoms. The number of amides is 2. The maximum absolute atomic E-state index is 13.3. The van der Waals surface area contributed by atoms with Crippen molar-refractivity contribution in [3.63, 3.8) is 0 Å². The fraction of sp³-hybridized carbons (Fsp3) is 0.400. The molecule has 4 rings (SSSR count). The van der Waals surface area contributed by atoms with E-state index in [0.717, 1.165) is 41.8 Å². The van der Waals surface area contributed by atoms with Crippen molar-refractivity contribution in [3.05, 3.63) is 52.4 Å². The number of carbonyl (C=O) groups is 1. The van der Waals surface area contributed by atoms with Crippen LogP contribution in [0.3, 0.4) is 0 Å². The van der Waals surface area contributed by atoms with Gasteiger partial charge in [0.15, 0.2) is 0 Å². The van der Waals surface area contributed by atoms with Crippen LogP contribution in [0.15, 0.2) is 41.0 Å². The van der Waals surface area contributed by atoms with Gasteiger partial charge in [0.1, 0.15) is 11.6 Å². The molecule has 28 heavy (non-hydrogen) atoms. The molecule has 148 valence electrons. The van der Waals surface area contributed by atoms with Gasteiger partial charge in [0.25, 0.3) is 0 Å². The van der Waals surface area contributed by atoms with Crippen LogP contribution in [0.4, 0.5) is 20.7 Å². The molecule has 1 aromatic heterocycles. The lowest BCUT2D eigenvalue weighted by Crippen LogP contribution is -2.45. The zero-order chi connectivity index (χ0) is 19.5. The Morgan fingerprint density at radius 3 is 2.75 bits per heavy atom. The molecule has 2 heterocycles. The minimum Gasteiger partial charge on any atom is -0.378 e. The lowest BCUT2D eigenvalue weighted by molar-refractivity contribution is 0.122. The number of rotatable bonds is 4. The normalized spacial score (nSPS) is 21.7. The summed E-state index contributed by atoms with van der Waals surface area (Å²) in [5.74, 6) is 0.932. The molecule has 2 aliphatic rings. The first-order chi connectivity index (χ1) is 13.6. The van der Waals surface area contributed by atoms with Crippen LogP contribution in [0, 0.1) is 5.82 Å². The van der Waals surface area contributed by atoms with Crippen LogP contribution >= 0.6 is 15.9 Å². The number of ether oxygens (including phenoxy) is 1. The Balaban J connectivity index is 1.28. The van der Waals surface area contributed by atoms with Crippen LogP contribution in [0.2, 0.25) is 0 Å². The molecule has 6 nitrogen and oxygen atoms in total. The molecule has 1 aromatic carbocycles. The first kappa shape index (κ1) is 19.1. The van der Waals surface area contributed by atoms with Gasteiger partial charge in [0, 0.05) is 19.1 Å². The molecule has 8 heteroatoms. The second kappa shape index (κ2) is 8.45. The van der Waals surface area contributed by atoms with Crippen molar-refractivity contribution in [1.82, 2.24) is 10.3 Å². The number of anilines is 2. The van der Waals surface area contributed by atoms with Crippen LogP contribution in [-0.2, 0) is 4.74 Å². The summed E-state index contributed by atoms with van der Waals surface area (Å²) in [6.07, 6.45) is 3.29. The fourth-order valence-corrected chi connectivity index (χ4v) is 4.23. The van der Waals surface area contributed by atoms with Crippen molar-refractivity contribution in [1.29, 1.82) is 0 Å². The highest BCUT2D eigenvalue weighted by molar-refractivity contribution is 9.10. The minimum atomic E-state index is -0.254. The second-order valence-electron chi connectivity index (χ2n) is 7.15. The molecule has 2 amide bonds. The van der Waals surface area contributed by atoms with Gasteiger partial charge in [-0.15, -0.1) is 0 Å². The van der Waals surface area contributed by atoms with Gasteiger partial charge in [0.05, 0.1) is 29.6 Å². The van der Waals surface area contributed by atoms with E-state index in [1.807, 2.05) is 12.1 Å². The van der Waals surface area contributed by atoms with Crippen molar-refractivity contribution in [3.8, 4) is 0 Å². The van der Waals surface area contributed by atoms with Crippen molar-refractivity contribution in [2.75, 3.05) is 36.5 Å². The smallest absolute Gasteiger partial charge is 0.319 e. The first-order valence-electron chi connectivity index (χ1n) is 9.40. The molecule has 0 spiro atoms. The van der Waals surface area contributed by atoms with E-state index in [0.29, 0.717) is 24.8 Å². The minimum absolute atomic E-state index is 0.0947. The fourth-order valence-electron chi connectivity index (χ4n) is 3.63. The predicted octanol–water partition coefficient (Wildman–Crippen LogP) is 3.89. The van der Waals surface area contributed by atoms with Gasteiger partial charge in [0.2, 0.25) is 0 Å². The van der Waals surface area contributed by atoms with E-state index in [-0.39, 0.29) is 17.9 Å². The zero-order valence-electron chi connectivity index (χ0n) is 15.3. The maximum atomic E-state index is 13.3. The van der Waals surface area contributed by atoms with Gasteiger partial charge in [-0.25, -0.2) is 14.2 Å². The Hall–Kier alpha value is -2.19. The van der Waals surface area contributed by atoms with Crippen LogP contribution in [-0.4, -0.2) is 43.4 Å². The molecule has 2 N–H and O–H groups in total. The number of nitrogens with one attached hydrogen (secondary N) is 2. The quantitative estimate of drug-likeness (QED) is 0.744. The van der Waals surface area contributed by atoms with Gasteiger partial charge in [-0.2, -0.15) is 0 Å². The third kappa shape index (κ3) is 4.44. The van der Waals surface area contributed by atoms with Crippen molar-refractivity contribution >= 4 is 33.5 Å². The number of halogens is 2. The van der Waals surface area contributed by atoms with Gasteiger partial charge in [-0.1, -0.05) is 12.1 Å². The molecular weight excluding hydrogens is 427 g/mol. The number of hydrogen-bond acceptors (Lipinski definition) is 4. The molecule has 0 atom stereocenters.